The van der Waals surface area contributed by atoms with Crippen LogP contribution in [0.3, 0.4) is 0 Å². The van der Waals surface area contributed by atoms with Crippen LogP contribution in [0.25, 0.3) is 0 Å². The monoisotopic (exact) mass is 209 g/mol. The van der Waals surface area contributed by atoms with E-state index in [1.807, 2.05) is 0 Å². The minimum atomic E-state index is -0.875. The summed E-state index contributed by atoms with van der Waals surface area (Å²) in [4.78, 5) is 9.62. The van der Waals surface area contributed by atoms with Crippen LogP contribution in [0.2, 0.25) is 0 Å². The van der Waals surface area contributed by atoms with Crippen molar-refractivity contribution in [2.45, 2.75) is 6.61 Å². The van der Waals surface area contributed by atoms with E-state index >= 15 is 0 Å². The molecule has 5 heteroatoms. The van der Waals surface area contributed by atoms with Crippen LogP contribution in [0.1, 0.15) is 5.56 Å². The average Bonchev–Trinajstić information content (AvgIpc) is 2.20. The van der Waals surface area contributed by atoms with Crippen LogP contribution < -0.4 is 0 Å². The molecule has 1 aromatic carbocycles. The summed E-state index contributed by atoms with van der Waals surface area (Å²) >= 11 is 0. The molecule has 15 heavy (non-hydrogen) atoms. The molecular weight excluding hydrogens is 201 g/mol. The fourth-order valence-corrected chi connectivity index (χ4v) is 1.04. The van der Waals surface area contributed by atoms with Crippen molar-refractivity contribution in [2.24, 2.45) is 0 Å². The highest BCUT2D eigenvalue weighted by atomic mass is 19.1. The average molecular weight is 209 g/mol. The molecule has 1 rings (SSSR count). The van der Waals surface area contributed by atoms with Gasteiger partial charge in [-0.1, -0.05) is 18.1 Å². The zero-order valence-corrected chi connectivity index (χ0v) is 7.77. The maximum Gasteiger partial charge on any atom is 0.305 e. The molecule has 0 fully saturated rings. The third kappa shape index (κ3) is 2.76. The molecule has 0 spiro atoms. The molecular formula is C10H8FNO3. The van der Waals surface area contributed by atoms with Crippen molar-refractivity contribution in [2.75, 3.05) is 6.61 Å². The highest BCUT2D eigenvalue weighted by Gasteiger charge is 2.16. The number of ether oxygens (including phenoxy) is 1. The topological polar surface area (TPSA) is 52.4 Å². The number of hydrogen-bond donors (Lipinski definition) is 0. The number of nitro benzene ring substituents is 1. The van der Waals surface area contributed by atoms with Crippen molar-refractivity contribution in [1.82, 2.24) is 0 Å². The van der Waals surface area contributed by atoms with Gasteiger partial charge in [0.1, 0.15) is 6.61 Å². The highest BCUT2D eigenvalue weighted by molar-refractivity contribution is 5.36. The molecule has 0 aromatic heterocycles. The van der Waals surface area contributed by atoms with Gasteiger partial charge in [0, 0.05) is 11.6 Å². The summed E-state index contributed by atoms with van der Waals surface area (Å²) < 4.78 is 18.3. The van der Waals surface area contributed by atoms with E-state index in [2.05, 4.69) is 5.92 Å². The molecule has 78 valence electrons. The molecule has 1 aromatic rings. The largest absolute Gasteiger partial charge is 0.364 e. The second kappa shape index (κ2) is 5.08. The van der Waals surface area contributed by atoms with E-state index in [1.54, 1.807) is 0 Å². The first-order valence-corrected chi connectivity index (χ1v) is 4.09. The Morgan fingerprint density at radius 2 is 2.33 bits per heavy atom. The zero-order valence-electron chi connectivity index (χ0n) is 7.77. The smallest absolute Gasteiger partial charge is 0.305 e. The van der Waals surface area contributed by atoms with Gasteiger partial charge in [-0.3, -0.25) is 10.1 Å². The van der Waals surface area contributed by atoms with Crippen molar-refractivity contribution < 1.29 is 14.1 Å². The van der Waals surface area contributed by atoms with E-state index in [0.29, 0.717) is 0 Å². The number of nitro groups is 1. The zero-order chi connectivity index (χ0) is 11.3. The molecule has 4 nitrogen and oxygen atoms in total. The molecule has 0 N–H and O–H groups in total. The van der Waals surface area contributed by atoms with E-state index in [-0.39, 0.29) is 18.8 Å². The second-order valence-corrected chi connectivity index (χ2v) is 2.70. The Morgan fingerprint density at radius 3 is 2.93 bits per heavy atom. The van der Waals surface area contributed by atoms with Crippen molar-refractivity contribution in [1.29, 1.82) is 0 Å². The van der Waals surface area contributed by atoms with Crippen molar-refractivity contribution in [3.63, 3.8) is 0 Å². The number of benzene rings is 1. The van der Waals surface area contributed by atoms with Crippen LogP contribution in [0, 0.1) is 28.3 Å². The first-order chi connectivity index (χ1) is 7.16. The number of halogens is 1. The number of terminal acetylenes is 1. The molecule has 0 heterocycles. The Hall–Kier alpha value is -1.93. The second-order valence-electron chi connectivity index (χ2n) is 2.70. The molecule has 0 atom stereocenters. The SMILES string of the molecule is C#CCOCc1cccc([N+](=O)[O-])c1F. The van der Waals surface area contributed by atoms with Crippen LogP contribution in [0.5, 0.6) is 0 Å². The quantitative estimate of drug-likeness (QED) is 0.329. The lowest BCUT2D eigenvalue weighted by atomic mass is 10.2. The molecule has 0 saturated carbocycles. The van der Waals surface area contributed by atoms with Gasteiger partial charge in [0.2, 0.25) is 5.82 Å². The fourth-order valence-electron chi connectivity index (χ4n) is 1.04. The predicted molar refractivity (Wildman–Crippen MR) is 51.5 cm³/mol. The molecule has 0 aliphatic carbocycles. The summed E-state index contributed by atoms with van der Waals surface area (Å²) in [7, 11) is 0. The van der Waals surface area contributed by atoms with Crippen LogP contribution in [0.15, 0.2) is 18.2 Å². The lowest BCUT2D eigenvalue weighted by Crippen LogP contribution is -2.00. The van der Waals surface area contributed by atoms with Gasteiger partial charge in [-0.05, 0) is 0 Å². The van der Waals surface area contributed by atoms with Crippen LogP contribution in [0.4, 0.5) is 10.1 Å². The maximum atomic E-state index is 13.4. The Balaban J connectivity index is 2.86. The van der Waals surface area contributed by atoms with Gasteiger partial charge in [-0.2, -0.15) is 4.39 Å². The normalized spacial score (nSPS) is 9.60. The van der Waals surface area contributed by atoms with E-state index in [9.17, 15) is 14.5 Å². The summed E-state index contributed by atoms with van der Waals surface area (Å²) in [6.45, 7) is -0.0279. The molecule has 0 saturated heterocycles. The molecule has 0 aliphatic heterocycles. The Kier molecular flexibility index (Phi) is 3.77. The summed E-state index contributed by atoms with van der Waals surface area (Å²) in [5.41, 5.74) is -0.434. The minimum Gasteiger partial charge on any atom is -0.364 e. The first-order valence-electron chi connectivity index (χ1n) is 4.09. The Labute approximate surface area is 85.8 Å². The van der Waals surface area contributed by atoms with Crippen LogP contribution in [-0.4, -0.2) is 11.5 Å². The van der Waals surface area contributed by atoms with E-state index in [4.69, 9.17) is 11.2 Å². The molecule has 0 aliphatic rings. The van der Waals surface area contributed by atoms with Crippen molar-refractivity contribution in [3.05, 3.63) is 39.7 Å². The Bertz CT molecular complexity index is 412. The number of rotatable bonds is 4. The van der Waals surface area contributed by atoms with Gasteiger partial charge in [0.15, 0.2) is 0 Å². The van der Waals surface area contributed by atoms with Gasteiger partial charge < -0.3 is 4.74 Å². The van der Waals surface area contributed by atoms with E-state index in [0.717, 1.165) is 6.07 Å². The highest BCUT2D eigenvalue weighted by Crippen LogP contribution is 2.20. The third-order valence-corrected chi connectivity index (χ3v) is 1.70. The van der Waals surface area contributed by atoms with Gasteiger partial charge in [0.25, 0.3) is 0 Å². The number of hydrogen-bond acceptors (Lipinski definition) is 3. The van der Waals surface area contributed by atoms with Crippen LogP contribution >= 0.6 is 0 Å². The summed E-state index contributed by atoms with van der Waals surface area (Å²) in [5.74, 6) is 1.34. The Morgan fingerprint density at radius 1 is 1.60 bits per heavy atom. The summed E-state index contributed by atoms with van der Waals surface area (Å²) in [6.07, 6.45) is 4.93. The molecule has 0 bridgehead atoms. The summed E-state index contributed by atoms with van der Waals surface area (Å²) in [5, 5.41) is 10.4. The van der Waals surface area contributed by atoms with Gasteiger partial charge in [0.05, 0.1) is 11.5 Å². The first kappa shape index (κ1) is 11.1. The van der Waals surface area contributed by atoms with Gasteiger partial charge >= 0.3 is 5.69 Å². The third-order valence-electron chi connectivity index (χ3n) is 1.70. The van der Waals surface area contributed by atoms with E-state index < -0.39 is 16.4 Å². The maximum absolute atomic E-state index is 13.4. The minimum absolute atomic E-state index is 0.0438. The standard InChI is InChI=1S/C10H8FNO3/c1-2-6-15-7-8-4-3-5-9(10(8)11)12(13)14/h1,3-5H,6-7H2. The van der Waals surface area contributed by atoms with Crippen LogP contribution in [-0.2, 0) is 11.3 Å². The number of nitrogens with zero attached hydrogens (tertiary/aromatic N) is 1. The van der Waals surface area contributed by atoms with Crippen molar-refractivity contribution in [3.8, 4) is 12.3 Å². The molecule has 0 unspecified atom stereocenters. The van der Waals surface area contributed by atoms with Gasteiger partial charge in [-0.15, -0.1) is 6.42 Å². The molecule has 0 amide bonds. The lowest BCUT2D eigenvalue weighted by Gasteiger charge is -2.02. The van der Waals surface area contributed by atoms with Crippen molar-refractivity contribution >= 4 is 5.69 Å². The summed E-state index contributed by atoms with van der Waals surface area (Å²) in [6, 6.07) is 3.91. The molecule has 0 radical (unpaired) electrons. The van der Waals surface area contributed by atoms with Gasteiger partial charge in [-0.25, -0.2) is 0 Å². The fraction of sp³-hybridized carbons (Fsp3) is 0.200. The predicted octanol–water partition coefficient (Wildman–Crippen LogP) is 1.88. The van der Waals surface area contributed by atoms with E-state index in [1.165, 1.54) is 12.1 Å². The lowest BCUT2D eigenvalue weighted by molar-refractivity contribution is -0.387.